The van der Waals surface area contributed by atoms with Gasteiger partial charge in [0.15, 0.2) is 0 Å². The molecule has 2 rings (SSSR count). The first-order chi connectivity index (χ1) is 6.84. The number of hydrogen-bond acceptors (Lipinski definition) is 0. The van der Waals surface area contributed by atoms with Crippen LogP contribution >= 0.6 is 0 Å². The molecule has 0 amide bonds. The minimum absolute atomic E-state index is 0.470. The third-order valence-corrected chi connectivity index (χ3v) is 3.55. The van der Waals surface area contributed by atoms with Gasteiger partial charge in [0.05, 0.1) is 0 Å². The molecular weight excluding hydrogens is 235 g/mol. The van der Waals surface area contributed by atoms with Crippen LogP contribution in [-0.4, -0.2) is 14.5 Å². The Morgan fingerprint density at radius 1 is 1.00 bits per heavy atom. The molecule has 0 saturated heterocycles. The second kappa shape index (κ2) is 4.33. The molecule has 0 fully saturated rings. The van der Waals surface area contributed by atoms with Crippen molar-refractivity contribution in [2.24, 2.45) is 0 Å². The van der Waals surface area contributed by atoms with Gasteiger partial charge in [-0.25, -0.2) is 0 Å². The van der Waals surface area contributed by atoms with Crippen molar-refractivity contribution in [3.8, 4) is 11.8 Å². The van der Waals surface area contributed by atoms with Crippen molar-refractivity contribution in [1.82, 2.24) is 0 Å². The van der Waals surface area contributed by atoms with E-state index in [1.54, 1.807) is 0 Å². The summed E-state index contributed by atoms with van der Waals surface area (Å²) in [5, 5.41) is 0. The summed E-state index contributed by atoms with van der Waals surface area (Å²) in [7, 11) is 0. The quantitative estimate of drug-likeness (QED) is 0.494. The molecular formula is C13H10Se. The Hall–Kier alpha value is -1.22. The number of benzene rings is 1. The topological polar surface area (TPSA) is 0 Å². The first kappa shape index (κ1) is 9.34. The first-order valence-electron chi connectivity index (χ1n) is 4.47. The van der Waals surface area contributed by atoms with Crippen LogP contribution < -0.4 is 0 Å². The second-order valence-corrected chi connectivity index (χ2v) is 5.08. The Balaban J connectivity index is 2.22. The third-order valence-electron chi connectivity index (χ3n) is 1.90. The molecule has 1 aromatic carbocycles. The molecule has 14 heavy (non-hydrogen) atoms. The minimum atomic E-state index is 0.470. The molecule has 0 spiro atoms. The van der Waals surface area contributed by atoms with E-state index in [-0.39, 0.29) is 0 Å². The van der Waals surface area contributed by atoms with Gasteiger partial charge in [-0.2, -0.15) is 0 Å². The Bertz CT molecular complexity index is 452. The number of rotatable bonds is 0. The molecule has 0 atom stereocenters. The van der Waals surface area contributed by atoms with E-state index in [1.807, 2.05) is 0 Å². The van der Waals surface area contributed by atoms with Gasteiger partial charge in [-0.1, -0.05) is 0 Å². The van der Waals surface area contributed by atoms with E-state index in [2.05, 4.69) is 60.1 Å². The Kier molecular flexibility index (Phi) is 2.89. The fraction of sp³-hybridized carbons (Fsp3) is 0.0769. The summed E-state index contributed by atoms with van der Waals surface area (Å²) in [5.74, 6) is 6.36. The van der Waals surface area contributed by atoms with E-state index in [4.69, 9.17) is 0 Å². The van der Waals surface area contributed by atoms with Crippen LogP contribution in [0.2, 0.25) is 0 Å². The van der Waals surface area contributed by atoms with Gasteiger partial charge in [0.25, 0.3) is 0 Å². The summed E-state index contributed by atoms with van der Waals surface area (Å²) in [5.41, 5.74) is 2.38. The van der Waals surface area contributed by atoms with Crippen molar-refractivity contribution in [3.63, 3.8) is 0 Å². The summed E-state index contributed by atoms with van der Waals surface area (Å²) in [6, 6.07) is 12.5. The monoisotopic (exact) mass is 246 g/mol. The van der Waals surface area contributed by atoms with Crippen LogP contribution in [0.25, 0.3) is 0 Å². The predicted octanol–water partition coefficient (Wildman–Crippen LogP) is 2.45. The van der Waals surface area contributed by atoms with Crippen molar-refractivity contribution in [3.05, 3.63) is 56.9 Å². The van der Waals surface area contributed by atoms with Crippen molar-refractivity contribution >= 4 is 14.5 Å². The maximum absolute atomic E-state index is 3.19. The summed E-state index contributed by atoms with van der Waals surface area (Å²) in [4.78, 5) is 2.19. The van der Waals surface area contributed by atoms with Gasteiger partial charge >= 0.3 is 90.2 Å². The van der Waals surface area contributed by atoms with Gasteiger partial charge in [-0.05, 0) is 0 Å². The van der Waals surface area contributed by atoms with Crippen LogP contribution in [0.15, 0.2) is 41.3 Å². The summed E-state index contributed by atoms with van der Waals surface area (Å²) < 4.78 is 1.26. The Morgan fingerprint density at radius 3 is 2.43 bits per heavy atom. The second-order valence-electron chi connectivity index (χ2n) is 3.09. The van der Waals surface area contributed by atoms with Gasteiger partial charge in [0, 0.05) is 0 Å². The van der Waals surface area contributed by atoms with E-state index in [9.17, 15) is 0 Å². The van der Waals surface area contributed by atoms with Crippen LogP contribution in [0.3, 0.4) is 0 Å². The molecule has 1 heteroatoms. The molecule has 0 radical (unpaired) electrons. The summed E-state index contributed by atoms with van der Waals surface area (Å²) >= 11 is 0.470. The SMILES string of the molecule is Cc1ccc(C#Cc2ccc[se]2)cc1. The summed E-state index contributed by atoms with van der Waals surface area (Å²) in [6.07, 6.45) is 0. The molecule has 2 aromatic rings. The van der Waals surface area contributed by atoms with E-state index < -0.39 is 0 Å². The zero-order valence-corrected chi connectivity index (χ0v) is 9.66. The zero-order valence-electron chi connectivity index (χ0n) is 7.95. The van der Waals surface area contributed by atoms with Crippen molar-refractivity contribution in [2.75, 3.05) is 0 Å². The molecule has 0 nitrogen and oxygen atoms in total. The van der Waals surface area contributed by atoms with Crippen LogP contribution in [0.4, 0.5) is 0 Å². The molecule has 0 N–H and O–H groups in total. The molecule has 1 aromatic heterocycles. The molecule has 0 aliphatic heterocycles. The molecule has 0 unspecified atom stereocenters. The molecule has 0 bridgehead atoms. The predicted molar refractivity (Wildman–Crippen MR) is 60.5 cm³/mol. The molecule has 0 aliphatic carbocycles. The standard InChI is InChI=1S/C13H10Se/c1-11-4-6-12(7-5-11)8-9-13-3-2-10-14-13/h2-7,10H,1H3. The van der Waals surface area contributed by atoms with E-state index in [1.165, 1.54) is 10.0 Å². The van der Waals surface area contributed by atoms with Crippen LogP contribution in [-0.2, 0) is 0 Å². The van der Waals surface area contributed by atoms with Crippen LogP contribution in [0.1, 0.15) is 15.6 Å². The van der Waals surface area contributed by atoms with Crippen molar-refractivity contribution in [1.29, 1.82) is 0 Å². The Labute approximate surface area is 90.3 Å². The number of aryl methyl sites for hydroxylation is 1. The fourth-order valence-corrected chi connectivity index (χ4v) is 2.32. The molecule has 1 heterocycles. The third kappa shape index (κ3) is 2.39. The van der Waals surface area contributed by atoms with Crippen molar-refractivity contribution in [2.45, 2.75) is 6.92 Å². The van der Waals surface area contributed by atoms with Gasteiger partial charge in [0.1, 0.15) is 0 Å². The molecule has 68 valence electrons. The van der Waals surface area contributed by atoms with Crippen LogP contribution in [0, 0.1) is 18.8 Å². The number of hydrogen-bond donors (Lipinski definition) is 0. The van der Waals surface area contributed by atoms with Crippen LogP contribution in [0.5, 0.6) is 0 Å². The average Bonchev–Trinajstić information content (AvgIpc) is 2.70. The van der Waals surface area contributed by atoms with E-state index in [0.717, 1.165) is 5.56 Å². The van der Waals surface area contributed by atoms with Crippen molar-refractivity contribution < 1.29 is 0 Å². The van der Waals surface area contributed by atoms with Gasteiger partial charge in [-0.3, -0.25) is 0 Å². The Morgan fingerprint density at radius 2 is 1.79 bits per heavy atom. The van der Waals surface area contributed by atoms with Gasteiger partial charge < -0.3 is 0 Å². The van der Waals surface area contributed by atoms with Gasteiger partial charge in [-0.15, -0.1) is 0 Å². The first-order valence-corrected chi connectivity index (χ1v) is 6.31. The normalized spacial score (nSPS) is 9.21. The average molecular weight is 245 g/mol. The van der Waals surface area contributed by atoms with E-state index in [0.29, 0.717) is 14.5 Å². The van der Waals surface area contributed by atoms with E-state index >= 15 is 0 Å². The maximum atomic E-state index is 3.19. The summed E-state index contributed by atoms with van der Waals surface area (Å²) in [6.45, 7) is 2.09. The molecule has 0 saturated carbocycles. The fourth-order valence-electron chi connectivity index (χ4n) is 1.12. The van der Waals surface area contributed by atoms with Gasteiger partial charge in [0.2, 0.25) is 0 Å². The zero-order chi connectivity index (χ0) is 9.80. The molecule has 0 aliphatic rings.